The van der Waals surface area contributed by atoms with Gasteiger partial charge in [0.1, 0.15) is 6.10 Å². The second-order valence-corrected chi connectivity index (χ2v) is 3.83. The fraction of sp³-hybridized carbons (Fsp3) is 0.182. The topological polar surface area (TPSA) is 48.9 Å². The van der Waals surface area contributed by atoms with Crippen LogP contribution in [0.25, 0.3) is 0 Å². The molecular formula is C11H11ClN2O. The zero-order valence-electron chi connectivity index (χ0n) is 8.24. The predicted molar refractivity (Wildman–Crippen MR) is 58.8 cm³/mol. The molecule has 1 unspecified atom stereocenters. The van der Waals surface area contributed by atoms with Gasteiger partial charge in [0.2, 0.25) is 0 Å². The van der Waals surface area contributed by atoms with Crippen LogP contribution < -0.4 is 0 Å². The van der Waals surface area contributed by atoms with Crippen molar-refractivity contribution < 1.29 is 5.11 Å². The van der Waals surface area contributed by atoms with E-state index >= 15 is 0 Å². The molecule has 1 aromatic heterocycles. The summed E-state index contributed by atoms with van der Waals surface area (Å²) >= 11 is 5.98. The summed E-state index contributed by atoms with van der Waals surface area (Å²) < 4.78 is 0. The van der Waals surface area contributed by atoms with Crippen molar-refractivity contribution in [2.45, 2.75) is 13.0 Å². The van der Waals surface area contributed by atoms with Gasteiger partial charge in [-0.25, -0.2) is 4.98 Å². The lowest BCUT2D eigenvalue weighted by atomic mass is 10.1. The number of aliphatic hydroxyl groups excluding tert-OH is 1. The molecule has 0 radical (unpaired) electrons. The van der Waals surface area contributed by atoms with Crippen LogP contribution >= 0.6 is 11.6 Å². The van der Waals surface area contributed by atoms with Crippen LogP contribution in [-0.4, -0.2) is 15.1 Å². The van der Waals surface area contributed by atoms with Crippen LogP contribution in [0.3, 0.4) is 0 Å². The number of halogens is 1. The largest absolute Gasteiger partial charge is 0.382 e. The van der Waals surface area contributed by atoms with Crippen molar-refractivity contribution in [2.75, 3.05) is 0 Å². The summed E-state index contributed by atoms with van der Waals surface area (Å²) in [5.74, 6) is 0. The second-order valence-electron chi connectivity index (χ2n) is 3.42. The van der Waals surface area contributed by atoms with Crippen LogP contribution in [0, 0.1) is 6.92 Å². The number of nitrogens with one attached hydrogen (secondary N) is 1. The highest BCUT2D eigenvalue weighted by atomic mass is 35.5. The van der Waals surface area contributed by atoms with Gasteiger partial charge in [-0.05, 0) is 24.1 Å². The highest BCUT2D eigenvalue weighted by molar-refractivity contribution is 6.31. The summed E-state index contributed by atoms with van der Waals surface area (Å²) in [5.41, 5.74) is 2.42. The molecule has 0 aliphatic carbocycles. The molecule has 0 fully saturated rings. The summed E-state index contributed by atoms with van der Waals surface area (Å²) in [6.45, 7) is 1.93. The average molecular weight is 223 g/mol. The number of nitrogens with zero attached hydrogens (tertiary/aromatic N) is 1. The Hall–Kier alpha value is -1.32. The minimum absolute atomic E-state index is 0.658. The number of hydrogen-bond acceptors (Lipinski definition) is 2. The van der Waals surface area contributed by atoms with Crippen molar-refractivity contribution in [3.63, 3.8) is 0 Å². The van der Waals surface area contributed by atoms with Gasteiger partial charge >= 0.3 is 0 Å². The molecule has 1 aromatic carbocycles. The number of aliphatic hydroxyl groups is 1. The van der Waals surface area contributed by atoms with Gasteiger partial charge < -0.3 is 10.1 Å². The number of H-pyrrole nitrogens is 1. The van der Waals surface area contributed by atoms with Crippen molar-refractivity contribution in [1.82, 2.24) is 9.97 Å². The zero-order chi connectivity index (χ0) is 10.8. The fourth-order valence-corrected chi connectivity index (χ4v) is 1.56. The summed E-state index contributed by atoms with van der Waals surface area (Å²) in [7, 11) is 0. The maximum Gasteiger partial charge on any atom is 0.120 e. The molecule has 3 nitrogen and oxygen atoms in total. The maximum atomic E-state index is 9.97. The summed E-state index contributed by atoms with van der Waals surface area (Å²) in [5, 5.41) is 10.6. The Labute approximate surface area is 92.7 Å². The van der Waals surface area contributed by atoms with E-state index in [1.807, 2.05) is 19.1 Å². The van der Waals surface area contributed by atoms with E-state index in [0.29, 0.717) is 10.7 Å². The van der Waals surface area contributed by atoms with Crippen LogP contribution in [0.15, 0.2) is 30.7 Å². The van der Waals surface area contributed by atoms with Crippen LogP contribution in [0.4, 0.5) is 0 Å². The lowest BCUT2D eigenvalue weighted by Crippen LogP contribution is -2.00. The highest BCUT2D eigenvalue weighted by Gasteiger charge is 2.12. The smallest absolute Gasteiger partial charge is 0.120 e. The van der Waals surface area contributed by atoms with Crippen LogP contribution in [0.2, 0.25) is 5.02 Å². The molecule has 0 saturated heterocycles. The minimum Gasteiger partial charge on any atom is -0.382 e. The van der Waals surface area contributed by atoms with Crippen molar-refractivity contribution in [2.24, 2.45) is 0 Å². The lowest BCUT2D eigenvalue weighted by molar-refractivity contribution is 0.216. The van der Waals surface area contributed by atoms with Crippen molar-refractivity contribution in [3.8, 4) is 0 Å². The molecule has 0 aliphatic rings. The molecule has 0 saturated carbocycles. The molecule has 0 aliphatic heterocycles. The summed E-state index contributed by atoms with van der Waals surface area (Å²) in [6, 6.07) is 5.51. The molecular weight excluding hydrogens is 212 g/mol. The Kier molecular flexibility index (Phi) is 2.75. The van der Waals surface area contributed by atoms with Gasteiger partial charge in [-0.2, -0.15) is 0 Å². The average Bonchev–Trinajstić information content (AvgIpc) is 2.74. The van der Waals surface area contributed by atoms with Crippen LogP contribution in [-0.2, 0) is 0 Å². The van der Waals surface area contributed by atoms with Gasteiger partial charge in [0.05, 0.1) is 18.2 Å². The first kappa shape index (κ1) is 10.2. The fourth-order valence-electron chi connectivity index (χ4n) is 1.37. The van der Waals surface area contributed by atoms with Gasteiger partial charge in [0, 0.05) is 5.02 Å². The van der Waals surface area contributed by atoms with Gasteiger partial charge in [-0.1, -0.05) is 23.7 Å². The highest BCUT2D eigenvalue weighted by Crippen LogP contribution is 2.24. The van der Waals surface area contributed by atoms with E-state index in [9.17, 15) is 5.11 Å². The van der Waals surface area contributed by atoms with E-state index < -0.39 is 6.10 Å². The van der Waals surface area contributed by atoms with E-state index in [0.717, 1.165) is 11.1 Å². The van der Waals surface area contributed by atoms with E-state index in [1.54, 1.807) is 12.3 Å². The first-order valence-corrected chi connectivity index (χ1v) is 4.98. The van der Waals surface area contributed by atoms with Gasteiger partial charge in [0.25, 0.3) is 0 Å². The normalized spacial score (nSPS) is 12.7. The molecule has 1 atom stereocenters. The first-order valence-electron chi connectivity index (χ1n) is 4.61. The molecule has 0 spiro atoms. The molecule has 78 valence electrons. The molecule has 15 heavy (non-hydrogen) atoms. The van der Waals surface area contributed by atoms with Crippen molar-refractivity contribution in [1.29, 1.82) is 0 Å². The number of aromatic amines is 1. The summed E-state index contributed by atoms with van der Waals surface area (Å²) in [6.07, 6.45) is 2.43. The number of hydrogen-bond donors (Lipinski definition) is 2. The molecule has 2 N–H and O–H groups in total. The Morgan fingerprint density at radius 2 is 2.27 bits per heavy atom. The molecule has 4 heteroatoms. The molecule has 2 rings (SSSR count). The Morgan fingerprint density at radius 3 is 2.87 bits per heavy atom. The van der Waals surface area contributed by atoms with Crippen LogP contribution in [0.1, 0.15) is 22.9 Å². The standard InChI is InChI=1S/C11H11ClN2O/c1-7-2-3-8(4-9(7)12)11(15)10-5-13-6-14-10/h2-6,11,15H,1H3,(H,13,14). The van der Waals surface area contributed by atoms with Crippen LogP contribution in [0.5, 0.6) is 0 Å². The summed E-state index contributed by atoms with van der Waals surface area (Å²) in [4.78, 5) is 6.73. The Bertz CT molecular complexity index is 454. The Balaban J connectivity index is 2.34. The predicted octanol–water partition coefficient (Wildman–Crippen LogP) is 2.45. The molecule has 0 bridgehead atoms. The third-order valence-electron chi connectivity index (χ3n) is 2.33. The van der Waals surface area contributed by atoms with E-state index in [1.165, 1.54) is 6.33 Å². The molecule has 1 heterocycles. The zero-order valence-corrected chi connectivity index (χ0v) is 8.99. The molecule has 2 aromatic rings. The monoisotopic (exact) mass is 222 g/mol. The van der Waals surface area contributed by atoms with Crippen molar-refractivity contribution in [3.05, 3.63) is 52.6 Å². The minimum atomic E-state index is -0.703. The number of imidazole rings is 1. The maximum absolute atomic E-state index is 9.97. The van der Waals surface area contributed by atoms with Gasteiger partial charge in [-0.3, -0.25) is 0 Å². The first-order chi connectivity index (χ1) is 7.18. The number of aryl methyl sites for hydroxylation is 1. The number of benzene rings is 1. The van der Waals surface area contributed by atoms with E-state index in [-0.39, 0.29) is 0 Å². The third-order valence-corrected chi connectivity index (χ3v) is 2.73. The van der Waals surface area contributed by atoms with E-state index in [2.05, 4.69) is 9.97 Å². The molecule has 0 amide bonds. The lowest BCUT2D eigenvalue weighted by Gasteiger charge is -2.09. The number of aromatic nitrogens is 2. The van der Waals surface area contributed by atoms with Crippen molar-refractivity contribution >= 4 is 11.6 Å². The van der Waals surface area contributed by atoms with Gasteiger partial charge in [0.15, 0.2) is 0 Å². The Morgan fingerprint density at radius 1 is 1.47 bits per heavy atom. The third kappa shape index (κ3) is 2.03. The second kappa shape index (κ2) is 4.04. The quantitative estimate of drug-likeness (QED) is 0.820. The SMILES string of the molecule is Cc1ccc(C(O)c2cnc[nH]2)cc1Cl. The van der Waals surface area contributed by atoms with E-state index in [4.69, 9.17) is 11.6 Å². The number of rotatable bonds is 2. The van der Waals surface area contributed by atoms with Gasteiger partial charge in [-0.15, -0.1) is 0 Å².